The first-order chi connectivity index (χ1) is 11.1. The number of likely N-dealkylation sites (tertiary alicyclic amines) is 1. The molecule has 0 aromatic carbocycles. The number of nitrogens with one attached hydrogen (secondary N) is 2. The molecule has 0 aromatic heterocycles. The number of carboxylic acid groups (broad SMARTS) is 1. The molecule has 0 bridgehead atoms. The molecule has 0 aliphatic carbocycles. The zero-order valence-corrected chi connectivity index (χ0v) is 13.6. The number of hydrogen-bond acceptors (Lipinski definition) is 4. The molecule has 2 heterocycles. The van der Waals surface area contributed by atoms with Crippen LogP contribution in [0.1, 0.15) is 38.5 Å². The standard InChI is InChI=1S/C16H27N3O4/c20-14(18-8-3-15(21)22)11-13-5-10-19(16(13)23)9-4-12-1-6-17-7-2-12/h12-13,17H,1-11H2,(H,18,20)(H,21,22). The van der Waals surface area contributed by atoms with Gasteiger partial charge < -0.3 is 20.6 Å². The molecule has 3 N–H and O–H groups in total. The predicted octanol–water partition coefficient (Wildman–Crippen LogP) is 0.206. The van der Waals surface area contributed by atoms with Crippen LogP contribution in [0.4, 0.5) is 0 Å². The topological polar surface area (TPSA) is 98.7 Å². The first-order valence-electron chi connectivity index (χ1n) is 8.54. The molecule has 0 spiro atoms. The van der Waals surface area contributed by atoms with E-state index >= 15 is 0 Å². The fourth-order valence-corrected chi connectivity index (χ4v) is 3.33. The van der Waals surface area contributed by atoms with Crippen molar-refractivity contribution in [3.05, 3.63) is 0 Å². The van der Waals surface area contributed by atoms with Crippen LogP contribution in [0.15, 0.2) is 0 Å². The van der Waals surface area contributed by atoms with Gasteiger partial charge in [0.15, 0.2) is 0 Å². The molecule has 0 saturated carbocycles. The lowest BCUT2D eigenvalue weighted by atomic mass is 9.94. The Balaban J connectivity index is 1.66. The van der Waals surface area contributed by atoms with Gasteiger partial charge in [0.1, 0.15) is 0 Å². The maximum Gasteiger partial charge on any atom is 0.305 e. The number of nitrogens with zero attached hydrogens (tertiary/aromatic N) is 1. The zero-order chi connectivity index (χ0) is 16.7. The van der Waals surface area contributed by atoms with E-state index in [1.807, 2.05) is 4.90 Å². The summed E-state index contributed by atoms with van der Waals surface area (Å²) in [7, 11) is 0. The molecule has 0 aromatic rings. The second-order valence-electron chi connectivity index (χ2n) is 6.49. The summed E-state index contributed by atoms with van der Waals surface area (Å²) in [5.41, 5.74) is 0. The molecule has 1 atom stereocenters. The highest BCUT2D eigenvalue weighted by Gasteiger charge is 2.33. The number of amides is 2. The van der Waals surface area contributed by atoms with Crippen molar-refractivity contribution in [2.75, 3.05) is 32.7 Å². The Hall–Kier alpha value is -1.63. The third kappa shape index (κ3) is 5.82. The number of carbonyl (C=O) groups is 3. The van der Waals surface area contributed by atoms with Crippen molar-refractivity contribution in [1.29, 1.82) is 0 Å². The molecule has 23 heavy (non-hydrogen) atoms. The zero-order valence-electron chi connectivity index (χ0n) is 13.6. The van der Waals surface area contributed by atoms with E-state index in [4.69, 9.17) is 5.11 Å². The van der Waals surface area contributed by atoms with Crippen LogP contribution >= 0.6 is 0 Å². The van der Waals surface area contributed by atoms with E-state index in [0.717, 1.165) is 39.0 Å². The summed E-state index contributed by atoms with van der Waals surface area (Å²) in [4.78, 5) is 36.4. The van der Waals surface area contributed by atoms with Gasteiger partial charge in [-0.15, -0.1) is 0 Å². The Labute approximate surface area is 136 Å². The van der Waals surface area contributed by atoms with Gasteiger partial charge in [-0.2, -0.15) is 0 Å². The van der Waals surface area contributed by atoms with Gasteiger partial charge in [0, 0.05) is 32.0 Å². The summed E-state index contributed by atoms with van der Waals surface area (Å²) in [6.45, 7) is 3.78. The number of piperidine rings is 1. The van der Waals surface area contributed by atoms with Gasteiger partial charge in [0.05, 0.1) is 6.42 Å². The van der Waals surface area contributed by atoms with Crippen molar-refractivity contribution in [1.82, 2.24) is 15.5 Å². The minimum atomic E-state index is -0.939. The minimum absolute atomic E-state index is 0.0762. The molecule has 2 aliphatic heterocycles. The third-order valence-electron chi connectivity index (χ3n) is 4.77. The molecule has 2 rings (SSSR count). The highest BCUT2D eigenvalue weighted by Crippen LogP contribution is 2.23. The summed E-state index contributed by atoms with van der Waals surface area (Å²) >= 11 is 0. The van der Waals surface area contributed by atoms with Crippen LogP contribution in [0.5, 0.6) is 0 Å². The Bertz CT molecular complexity index is 435. The lowest BCUT2D eigenvalue weighted by molar-refractivity contribution is -0.137. The minimum Gasteiger partial charge on any atom is -0.481 e. The summed E-state index contributed by atoms with van der Waals surface area (Å²) in [5.74, 6) is -0.640. The van der Waals surface area contributed by atoms with E-state index in [1.54, 1.807) is 0 Å². The molecule has 130 valence electrons. The molecule has 2 aliphatic rings. The van der Waals surface area contributed by atoms with Crippen molar-refractivity contribution < 1.29 is 19.5 Å². The average molecular weight is 325 g/mol. The quantitative estimate of drug-likeness (QED) is 0.592. The van der Waals surface area contributed by atoms with Crippen LogP contribution in [0, 0.1) is 11.8 Å². The van der Waals surface area contributed by atoms with Crippen molar-refractivity contribution in [2.24, 2.45) is 11.8 Å². The molecule has 7 heteroatoms. The molecule has 2 saturated heterocycles. The smallest absolute Gasteiger partial charge is 0.305 e. The van der Waals surface area contributed by atoms with Crippen molar-refractivity contribution in [2.45, 2.75) is 38.5 Å². The maximum atomic E-state index is 12.3. The van der Waals surface area contributed by atoms with Crippen LogP contribution in [-0.2, 0) is 14.4 Å². The van der Waals surface area contributed by atoms with Crippen LogP contribution in [0.25, 0.3) is 0 Å². The fraction of sp³-hybridized carbons (Fsp3) is 0.812. The number of carboxylic acids is 1. The van der Waals surface area contributed by atoms with Crippen LogP contribution < -0.4 is 10.6 Å². The van der Waals surface area contributed by atoms with Crippen molar-refractivity contribution in [3.63, 3.8) is 0 Å². The average Bonchev–Trinajstić information content (AvgIpc) is 2.86. The van der Waals surface area contributed by atoms with E-state index in [0.29, 0.717) is 5.92 Å². The Kier molecular flexibility index (Phi) is 6.83. The second kappa shape index (κ2) is 8.86. The lowest BCUT2D eigenvalue weighted by Crippen LogP contribution is -2.34. The van der Waals surface area contributed by atoms with E-state index in [9.17, 15) is 14.4 Å². The van der Waals surface area contributed by atoms with Crippen molar-refractivity contribution in [3.8, 4) is 0 Å². The van der Waals surface area contributed by atoms with Gasteiger partial charge in [-0.05, 0) is 44.7 Å². The van der Waals surface area contributed by atoms with Gasteiger partial charge in [-0.25, -0.2) is 0 Å². The number of aliphatic carboxylic acids is 1. The van der Waals surface area contributed by atoms with E-state index in [1.165, 1.54) is 12.8 Å². The Morgan fingerprint density at radius 3 is 2.70 bits per heavy atom. The molecule has 2 amide bonds. The normalized spacial score (nSPS) is 22.3. The summed E-state index contributed by atoms with van der Waals surface area (Å²) < 4.78 is 0. The largest absolute Gasteiger partial charge is 0.481 e. The van der Waals surface area contributed by atoms with E-state index < -0.39 is 5.97 Å². The highest BCUT2D eigenvalue weighted by atomic mass is 16.4. The molecule has 2 fully saturated rings. The Morgan fingerprint density at radius 2 is 2.00 bits per heavy atom. The first-order valence-corrected chi connectivity index (χ1v) is 8.54. The second-order valence-corrected chi connectivity index (χ2v) is 6.49. The number of rotatable bonds is 8. The summed E-state index contributed by atoms with van der Waals surface area (Å²) in [6.07, 6.45) is 4.20. The molecular weight excluding hydrogens is 298 g/mol. The Morgan fingerprint density at radius 1 is 1.26 bits per heavy atom. The maximum absolute atomic E-state index is 12.3. The molecule has 7 nitrogen and oxygen atoms in total. The molecule has 1 unspecified atom stereocenters. The monoisotopic (exact) mass is 325 g/mol. The lowest BCUT2D eigenvalue weighted by Gasteiger charge is -2.25. The van der Waals surface area contributed by atoms with Gasteiger partial charge in [-0.3, -0.25) is 14.4 Å². The number of carbonyl (C=O) groups excluding carboxylic acids is 2. The van der Waals surface area contributed by atoms with E-state index in [2.05, 4.69) is 10.6 Å². The predicted molar refractivity (Wildman–Crippen MR) is 84.8 cm³/mol. The van der Waals surface area contributed by atoms with Gasteiger partial charge in [0.25, 0.3) is 0 Å². The summed E-state index contributed by atoms with van der Waals surface area (Å²) in [6, 6.07) is 0. The first kappa shape index (κ1) is 17.7. The fourth-order valence-electron chi connectivity index (χ4n) is 3.33. The van der Waals surface area contributed by atoms with Crippen LogP contribution in [-0.4, -0.2) is 60.5 Å². The van der Waals surface area contributed by atoms with E-state index in [-0.39, 0.29) is 37.1 Å². The molecular formula is C16H27N3O4. The van der Waals surface area contributed by atoms with Gasteiger partial charge >= 0.3 is 5.97 Å². The third-order valence-corrected chi connectivity index (χ3v) is 4.77. The summed E-state index contributed by atoms with van der Waals surface area (Å²) in [5, 5.41) is 14.4. The van der Waals surface area contributed by atoms with Crippen molar-refractivity contribution >= 4 is 17.8 Å². The van der Waals surface area contributed by atoms with Crippen LogP contribution in [0.2, 0.25) is 0 Å². The number of hydrogen-bond donors (Lipinski definition) is 3. The highest BCUT2D eigenvalue weighted by molar-refractivity contribution is 5.87. The molecule has 0 radical (unpaired) electrons. The SMILES string of the molecule is O=C(O)CCNC(=O)CC1CCN(CCC2CCNCC2)C1=O. The van der Waals surface area contributed by atoms with Gasteiger partial charge in [0.2, 0.25) is 11.8 Å². The van der Waals surface area contributed by atoms with Crippen LogP contribution in [0.3, 0.4) is 0 Å². The van der Waals surface area contributed by atoms with Gasteiger partial charge in [-0.1, -0.05) is 0 Å².